The van der Waals surface area contributed by atoms with Crippen molar-refractivity contribution in [2.75, 3.05) is 6.61 Å². The van der Waals surface area contributed by atoms with E-state index < -0.39 is 11.6 Å². The van der Waals surface area contributed by atoms with Gasteiger partial charge in [0.15, 0.2) is 5.60 Å². The highest BCUT2D eigenvalue weighted by molar-refractivity contribution is 6.30. The third-order valence-electron chi connectivity index (χ3n) is 4.85. The average Bonchev–Trinajstić information content (AvgIpc) is 2.54. The van der Waals surface area contributed by atoms with E-state index in [1.54, 1.807) is 0 Å². The highest BCUT2D eigenvalue weighted by Crippen LogP contribution is 2.60. The van der Waals surface area contributed by atoms with Crippen molar-refractivity contribution in [3.8, 4) is 0 Å². The van der Waals surface area contributed by atoms with Gasteiger partial charge in [0, 0.05) is 16.4 Å². The number of hydrogen-bond acceptors (Lipinski definition) is 2. The Bertz CT molecular complexity index is 513. The molecule has 1 N–H and O–H groups in total. The van der Waals surface area contributed by atoms with Crippen LogP contribution in [0.5, 0.6) is 0 Å². The average molecular weight is 281 g/mol. The Morgan fingerprint density at radius 3 is 2.68 bits per heavy atom. The van der Waals surface area contributed by atoms with Crippen LogP contribution in [0.25, 0.3) is 0 Å². The number of ether oxygens (including phenoxy) is 1. The number of halogens is 1. The number of carbonyl (C=O) groups is 1. The predicted molar refractivity (Wildman–Crippen MR) is 72.3 cm³/mol. The van der Waals surface area contributed by atoms with E-state index in [1.165, 1.54) is 0 Å². The van der Waals surface area contributed by atoms with Crippen LogP contribution in [0.15, 0.2) is 24.3 Å². The fourth-order valence-corrected chi connectivity index (χ4v) is 3.81. The zero-order valence-electron chi connectivity index (χ0n) is 10.9. The van der Waals surface area contributed by atoms with Gasteiger partial charge >= 0.3 is 5.97 Å². The first-order valence-corrected chi connectivity index (χ1v) is 6.97. The van der Waals surface area contributed by atoms with Crippen LogP contribution in [0.4, 0.5) is 0 Å². The quantitative estimate of drug-likeness (QED) is 0.925. The van der Waals surface area contributed by atoms with Crippen LogP contribution in [0, 0.1) is 11.3 Å². The van der Waals surface area contributed by atoms with Crippen LogP contribution in [0.1, 0.15) is 25.3 Å². The van der Waals surface area contributed by atoms with Crippen molar-refractivity contribution < 1.29 is 14.6 Å². The number of carboxylic acid groups (broad SMARTS) is 1. The lowest BCUT2D eigenvalue weighted by Crippen LogP contribution is -2.66. The SMILES string of the molecule is C[C@@]12CCC(Cc3ccc(Cl)cc3)[C@]1(C(=O)O)OC2. The molecule has 1 saturated heterocycles. The number of fused-ring (bicyclic) bond motifs is 1. The van der Waals surface area contributed by atoms with Crippen molar-refractivity contribution in [2.45, 2.75) is 31.8 Å². The Labute approximate surface area is 117 Å². The molecule has 1 saturated carbocycles. The minimum Gasteiger partial charge on any atom is -0.479 e. The monoisotopic (exact) mass is 280 g/mol. The number of carboxylic acids is 1. The van der Waals surface area contributed by atoms with E-state index in [2.05, 4.69) is 0 Å². The van der Waals surface area contributed by atoms with Crippen molar-refractivity contribution in [1.29, 1.82) is 0 Å². The van der Waals surface area contributed by atoms with Gasteiger partial charge in [0.2, 0.25) is 0 Å². The van der Waals surface area contributed by atoms with Gasteiger partial charge in [-0.3, -0.25) is 0 Å². The van der Waals surface area contributed by atoms with Gasteiger partial charge < -0.3 is 9.84 Å². The maximum atomic E-state index is 11.7. The van der Waals surface area contributed by atoms with E-state index in [9.17, 15) is 9.90 Å². The molecule has 1 aromatic carbocycles. The molecule has 3 rings (SSSR count). The molecule has 102 valence electrons. The fourth-order valence-electron chi connectivity index (χ4n) is 3.68. The molecular formula is C15H17ClO3. The van der Waals surface area contributed by atoms with Crippen LogP contribution >= 0.6 is 11.6 Å². The zero-order chi connectivity index (χ0) is 13.7. The molecule has 0 radical (unpaired) electrons. The summed E-state index contributed by atoms with van der Waals surface area (Å²) in [7, 11) is 0. The molecule has 0 spiro atoms. The molecule has 0 amide bonds. The minimum atomic E-state index is -0.980. The molecule has 2 aliphatic rings. The molecule has 1 heterocycles. The fraction of sp³-hybridized carbons (Fsp3) is 0.533. The topological polar surface area (TPSA) is 46.5 Å². The molecule has 19 heavy (non-hydrogen) atoms. The summed E-state index contributed by atoms with van der Waals surface area (Å²) in [6.45, 7) is 2.60. The number of benzene rings is 1. The molecular weight excluding hydrogens is 264 g/mol. The minimum absolute atomic E-state index is 0.0462. The summed E-state index contributed by atoms with van der Waals surface area (Å²) >= 11 is 5.87. The second kappa shape index (κ2) is 4.22. The largest absolute Gasteiger partial charge is 0.479 e. The Kier molecular flexibility index (Phi) is 2.88. The van der Waals surface area contributed by atoms with Crippen LogP contribution < -0.4 is 0 Å². The summed E-state index contributed by atoms with van der Waals surface area (Å²) in [6.07, 6.45) is 2.57. The third-order valence-corrected chi connectivity index (χ3v) is 5.10. The Morgan fingerprint density at radius 2 is 2.16 bits per heavy atom. The summed E-state index contributed by atoms with van der Waals surface area (Å²) < 4.78 is 5.59. The van der Waals surface area contributed by atoms with Gasteiger partial charge in [-0.15, -0.1) is 0 Å². The molecule has 0 bridgehead atoms. The van der Waals surface area contributed by atoms with Gasteiger partial charge in [0.1, 0.15) is 0 Å². The summed E-state index contributed by atoms with van der Waals surface area (Å²) in [5, 5.41) is 10.3. The van der Waals surface area contributed by atoms with Crippen LogP contribution in [-0.2, 0) is 16.0 Å². The molecule has 4 heteroatoms. The molecule has 3 atom stereocenters. The normalized spacial score (nSPS) is 36.6. The van der Waals surface area contributed by atoms with Crippen molar-refractivity contribution in [1.82, 2.24) is 0 Å². The predicted octanol–water partition coefficient (Wildman–Crippen LogP) is 3.15. The van der Waals surface area contributed by atoms with Crippen LogP contribution in [0.2, 0.25) is 5.02 Å². The van der Waals surface area contributed by atoms with Gasteiger partial charge in [-0.25, -0.2) is 4.79 Å². The maximum Gasteiger partial charge on any atom is 0.336 e. The first-order valence-electron chi connectivity index (χ1n) is 6.60. The number of aliphatic carboxylic acids is 1. The highest BCUT2D eigenvalue weighted by atomic mass is 35.5. The standard InChI is InChI=1S/C15H17ClO3/c1-14-7-6-11(15(14,13(17)18)19-9-14)8-10-2-4-12(16)5-3-10/h2-5,11H,6-9H2,1H3,(H,17,18)/t11?,14-,15+/m0/s1. The van der Waals surface area contributed by atoms with E-state index >= 15 is 0 Å². The summed E-state index contributed by atoms with van der Waals surface area (Å²) in [5.41, 5.74) is -0.0579. The number of hydrogen-bond donors (Lipinski definition) is 1. The lowest BCUT2D eigenvalue weighted by molar-refractivity contribution is -0.260. The lowest BCUT2D eigenvalue weighted by atomic mass is 9.67. The second-order valence-corrected chi connectivity index (χ2v) is 6.39. The lowest BCUT2D eigenvalue weighted by Gasteiger charge is -2.52. The first kappa shape index (κ1) is 12.9. The van der Waals surface area contributed by atoms with Gasteiger partial charge in [-0.1, -0.05) is 30.7 Å². The number of rotatable bonds is 3. The van der Waals surface area contributed by atoms with Crippen molar-refractivity contribution in [3.63, 3.8) is 0 Å². The van der Waals surface area contributed by atoms with E-state index in [-0.39, 0.29) is 11.3 Å². The van der Waals surface area contributed by atoms with E-state index in [0.29, 0.717) is 11.6 Å². The van der Waals surface area contributed by atoms with Crippen molar-refractivity contribution in [2.24, 2.45) is 11.3 Å². The van der Waals surface area contributed by atoms with Gasteiger partial charge in [0.25, 0.3) is 0 Å². The molecule has 1 aliphatic heterocycles. The van der Waals surface area contributed by atoms with E-state index in [1.807, 2.05) is 31.2 Å². The van der Waals surface area contributed by atoms with E-state index in [0.717, 1.165) is 24.8 Å². The third kappa shape index (κ3) is 1.72. The molecule has 1 unspecified atom stereocenters. The Hall–Kier alpha value is -1.06. The maximum absolute atomic E-state index is 11.7. The smallest absolute Gasteiger partial charge is 0.336 e. The first-order chi connectivity index (χ1) is 8.98. The molecule has 0 aromatic heterocycles. The molecule has 3 nitrogen and oxygen atoms in total. The zero-order valence-corrected chi connectivity index (χ0v) is 11.6. The Morgan fingerprint density at radius 1 is 1.47 bits per heavy atom. The highest BCUT2D eigenvalue weighted by Gasteiger charge is 2.70. The summed E-state index contributed by atoms with van der Waals surface area (Å²) in [4.78, 5) is 11.7. The van der Waals surface area contributed by atoms with Crippen molar-refractivity contribution in [3.05, 3.63) is 34.9 Å². The molecule has 2 fully saturated rings. The Balaban J connectivity index is 1.85. The summed E-state index contributed by atoms with van der Waals surface area (Å²) in [5.74, 6) is -0.761. The van der Waals surface area contributed by atoms with Gasteiger partial charge in [0.05, 0.1) is 6.61 Å². The van der Waals surface area contributed by atoms with Crippen LogP contribution in [-0.4, -0.2) is 23.3 Å². The second-order valence-electron chi connectivity index (χ2n) is 5.96. The van der Waals surface area contributed by atoms with Gasteiger partial charge in [-0.05, 0) is 37.0 Å². The van der Waals surface area contributed by atoms with Crippen LogP contribution in [0.3, 0.4) is 0 Å². The van der Waals surface area contributed by atoms with Gasteiger partial charge in [-0.2, -0.15) is 0 Å². The molecule has 1 aliphatic carbocycles. The molecule has 1 aromatic rings. The summed E-state index contributed by atoms with van der Waals surface area (Å²) in [6, 6.07) is 7.62. The van der Waals surface area contributed by atoms with E-state index in [4.69, 9.17) is 16.3 Å². The van der Waals surface area contributed by atoms with Crippen molar-refractivity contribution >= 4 is 17.6 Å².